The van der Waals surface area contributed by atoms with Crippen LogP contribution in [0.1, 0.15) is 13.8 Å². The van der Waals surface area contributed by atoms with Crippen molar-refractivity contribution < 1.29 is 0 Å². The van der Waals surface area contributed by atoms with Gasteiger partial charge < -0.3 is 9.80 Å². The summed E-state index contributed by atoms with van der Waals surface area (Å²) in [7, 11) is 4.21. The molecule has 1 heterocycles. The molecule has 1 rings (SSSR count). The number of hydrogen-bond acceptors (Lipinski definition) is 2. The number of allylic oxidation sites excluding steroid dienone is 1. The summed E-state index contributed by atoms with van der Waals surface area (Å²) in [6.45, 7) is 5.42. The van der Waals surface area contributed by atoms with E-state index in [1.165, 1.54) is 5.70 Å². The van der Waals surface area contributed by atoms with Gasteiger partial charge in [0, 0.05) is 38.6 Å². The molecule has 0 amide bonds. The highest BCUT2D eigenvalue weighted by Gasteiger charge is 2.07. The molecule has 0 fully saturated rings. The Morgan fingerprint density at radius 3 is 2.58 bits per heavy atom. The molecule has 0 aromatic heterocycles. The van der Waals surface area contributed by atoms with Crippen LogP contribution in [0.3, 0.4) is 0 Å². The first-order chi connectivity index (χ1) is 5.61. The van der Waals surface area contributed by atoms with Crippen LogP contribution >= 0.6 is 0 Å². The largest absolute Gasteiger partial charge is 0.377 e. The minimum Gasteiger partial charge on any atom is -0.377 e. The molecule has 0 aliphatic carbocycles. The third-order valence-corrected chi connectivity index (χ3v) is 2.27. The van der Waals surface area contributed by atoms with Crippen LogP contribution in [0.15, 0.2) is 24.0 Å². The molecule has 0 unspecified atom stereocenters. The predicted molar refractivity (Wildman–Crippen MR) is 52.8 cm³/mol. The second-order valence-electron chi connectivity index (χ2n) is 3.59. The summed E-state index contributed by atoms with van der Waals surface area (Å²) in [4.78, 5) is 4.45. The van der Waals surface area contributed by atoms with Crippen molar-refractivity contribution in [2.75, 3.05) is 20.6 Å². The van der Waals surface area contributed by atoms with Gasteiger partial charge in [0.15, 0.2) is 0 Å². The Morgan fingerprint density at radius 1 is 1.50 bits per heavy atom. The Hall–Kier alpha value is -0.920. The molecule has 68 valence electrons. The van der Waals surface area contributed by atoms with E-state index in [2.05, 4.69) is 56.1 Å². The summed E-state index contributed by atoms with van der Waals surface area (Å²) in [5, 5.41) is 0. The molecule has 0 bridgehead atoms. The summed E-state index contributed by atoms with van der Waals surface area (Å²) >= 11 is 0. The van der Waals surface area contributed by atoms with E-state index in [9.17, 15) is 0 Å². The summed E-state index contributed by atoms with van der Waals surface area (Å²) < 4.78 is 0. The predicted octanol–water partition coefficient (Wildman–Crippen LogP) is 1.67. The minimum absolute atomic E-state index is 0.573. The first-order valence-corrected chi connectivity index (χ1v) is 4.42. The lowest BCUT2D eigenvalue weighted by Crippen LogP contribution is -2.27. The Bertz CT molecular complexity index is 204. The smallest absolute Gasteiger partial charge is 0.0373 e. The number of likely N-dealkylation sites (N-methyl/N-ethyl adjacent to an activating group) is 2. The lowest BCUT2D eigenvalue weighted by atomic mass is 10.2. The monoisotopic (exact) mass is 166 g/mol. The van der Waals surface area contributed by atoms with Gasteiger partial charge in [-0.15, -0.1) is 0 Å². The molecule has 12 heavy (non-hydrogen) atoms. The van der Waals surface area contributed by atoms with Crippen molar-refractivity contribution in [1.82, 2.24) is 9.80 Å². The van der Waals surface area contributed by atoms with E-state index in [0.29, 0.717) is 6.04 Å². The summed E-state index contributed by atoms with van der Waals surface area (Å²) in [5.41, 5.74) is 1.32. The van der Waals surface area contributed by atoms with E-state index >= 15 is 0 Å². The standard InChI is InChI=1S/C10H18N2/c1-9(2)12(4)10-5-7-11(3)8-6-10/h5-7,9H,8H2,1-4H3. The van der Waals surface area contributed by atoms with Crippen LogP contribution in [0.2, 0.25) is 0 Å². The Labute approximate surface area is 75.2 Å². The first-order valence-electron chi connectivity index (χ1n) is 4.42. The van der Waals surface area contributed by atoms with Gasteiger partial charge in [0.05, 0.1) is 0 Å². The summed E-state index contributed by atoms with van der Waals surface area (Å²) in [6.07, 6.45) is 6.53. The van der Waals surface area contributed by atoms with Crippen molar-refractivity contribution >= 4 is 0 Å². The highest BCUT2D eigenvalue weighted by atomic mass is 15.1. The van der Waals surface area contributed by atoms with Gasteiger partial charge in [-0.2, -0.15) is 0 Å². The third kappa shape index (κ3) is 2.03. The Morgan fingerprint density at radius 2 is 2.17 bits per heavy atom. The molecule has 1 aliphatic heterocycles. The summed E-state index contributed by atoms with van der Waals surface area (Å²) in [5.74, 6) is 0. The van der Waals surface area contributed by atoms with E-state index in [1.807, 2.05) is 0 Å². The fourth-order valence-corrected chi connectivity index (χ4v) is 1.13. The van der Waals surface area contributed by atoms with Crippen LogP contribution in [-0.2, 0) is 0 Å². The lowest BCUT2D eigenvalue weighted by Gasteiger charge is -2.28. The van der Waals surface area contributed by atoms with Gasteiger partial charge in [0.2, 0.25) is 0 Å². The van der Waals surface area contributed by atoms with Gasteiger partial charge in [0.25, 0.3) is 0 Å². The van der Waals surface area contributed by atoms with E-state index in [0.717, 1.165) is 6.54 Å². The van der Waals surface area contributed by atoms with Crippen LogP contribution in [-0.4, -0.2) is 36.5 Å². The van der Waals surface area contributed by atoms with E-state index in [-0.39, 0.29) is 0 Å². The molecule has 0 saturated heterocycles. The maximum atomic E-state index is 2.28. The molecule has 0 N–H and O–H groups in total. The van der Waals surface area contributed by atoms with Crippen molar-refractivity contribution in [3.05, 3.63) is 24.0 Å². The Balaban J connectivity index is 2.60. The molecule has 2 nitrogen and oxygen atoms in total. The number of rotatable bonds is 2. The first kappa shape index (κ1) is 9.17. The van der Waals surface area contributed by atoms with Crippen LogP contribution in [0.25, 0.3) is 0 Å². The molecule has 0 saturated carbocycles. The van der Waals surface area contributed by atoms with Gasteiger partial charge in [-0.25, -0.2) is 0 Å². The zero-order valence-corrected chi connectivity index (χ0v) is 8.41. The second kappa shape index (κ2) is 3.65. The molecule has 0 aromatic rings. The minimum atomic E-state index is 0.573. The fourth-order valence-electron chi connectivity index (χ4n) is 1.13. The summed E-state index contributed by atoms with van der Waals surface area (Å²) in [6, 6.07) is 0.573. The molecule has 0 aromatic carbocycles. The topological polar surface area (TPSA) is 6.48 Å². The van der Waals surface area contributed by atoms with Crippen molar-refractivity contribution in [2.24, 2.45) is 0 Å². The van der Waals surface area contributed by atoms with Crippen molar-refractivity contribution in [1.29, 1.82) is 0 Å². The second-order valence-corrected chi connectivity index (χ2v) is 3.59. The quantitative estimate of drug-likeness (QED) is 0.615. The fraction of sp³-hybridized carbons (Fsp3) is 0.600. The van der Waals surface area contributed by atoms with Crippen molar-refractivity contribution in [3.63, 3.8) is 0 Å². The lowest BCUT2D eigenvalue weighted by molar-refractivity contribution is 0.345. The third-order valence-electron chi connectivity index (χ3n) is 2.27. The van der Waals surface area contributed by atoms with Crippen molar-refractivity contribution in [2.45, 2.75) is 19.9 Å². The highest BCUT2D eigenvalue weighted by Crippen LogP contribution is 2.11. The molecule has 0 radical (unpaired) electrons. The molecular weight excluding hydrogens is 148 g/mol. The maximum absolute atomic E-state index is 2.28. The number of hydrogen-bond donors (Lipinski definition) is 0. The zero-order valence-electron chi connectivity index (χ0n) is 8.41. The van der Waals surface area contributed by atoms with E-state index < -0.39 is 0 Å². The van der Waals surface area contributed by atoms with Crippen LogP contribution in [0.5, 0.6) is 0 Å². The van der Waals surface area contributed by atoms with Gasteiger partial charge >= 0.3 is 0 Å². The van der Waals surface area contributed by atoms with Crippen molar-refractivity contribution in [3.8, 4) is 0 Å². The highest BCUT2D eigenvalue weighted by molar-refractivity contribution is 5.21. The molecule has 0 atom stereocenters. The van der Waals surface area contributed by atoms with Crippen LogP contribution < -0.4 is 0 Å². The van der Waals surface area contributed by atoms with Gasteiger partial charge in [-0.05, 0) is 26.0 Å². The average molecular weight is 166 g/mol. The van der Waals surface area contributed by atoms with Crippen LogP contribution in [0, 0.1) is 0 Å². The normalized spacial score (nSPS) is 16.8. The van der Waals surface area contributed by atoms with E-state index in [4.69, 9.17) is 0 Å². The van der Waals surface area contributed by atoms with E-state index in [1.54, 1.807) is 0 Å². The molecular formula is C10H18N2. The maximum Gasteiger partial charge on any atom is 0.0373 e. The Kier molecular flexibility index (Phi) is 2.79. The molecule has 0 spiro atoms. The number of nitrogens with zero attached hydrogens (tertiary/aromatic N) is 2. The van der Waals surface area contributed by atoms with Crippen LogP contribution in [0.4, 0.5) is 0 Å². The molecule has 1 aliphatic rings. The van der Waals surface area contributed by atoms with Gasteiger partial charge in [0.1, 0.15) is 0 Å². The SMILES string of the molecule is CC(C)N(C)C1=CCN(C)C=C1. The van der Waals surface area contributed by atoms with Gasteiger partial charge in [-0.1, -0.05) is 0 Å². The zero-order chi connectivity index (χ0) is 9.14. The molecule has 2 heteroatoms. The van der Waals surface area contributed by atoms with Gasteiger partial charge in [-0.3, -0.25) is 0 Å². The average Bonchev–Trinajstić information content (AvgIpc) is 2.04.